The van der Waals surface area contributed by atoms with Crippen LogP contribution in [-0.4, -0.2) is 5.25 Å². The molecule has 0 bridgehead atoms. The summed E-state index contributed by atoms with van der Waals surface area (Å²) in [6.45, 7) is 4.24. The van der Waals surface area contributed by atoms with Gasteiger partial charge in [-0.25, -0.2) is 0 Å². The number of halogens is 2. The minimum atomic E-state index is 0.309. The quantitative estimate of drug-likeness (QED) is 0.676. The summed E-state index contributed by atoms with van der Waals surface area (Å²) in [6.07, 6.45) is 1.09. The highest BCUT2D eigenvalue weighted by Crippen LogP contribution is 2.45. The fourth-order valence-electron chi connectivity index (χ4n) is 2.43. The topological polar surface area (TPSA) is 12.0 Å². The molecule has 0 aliphatic carbocycles. The van der Waals surface area contributed by atoms with E-state index in [2.05, 4.69) is 23.7 Å². The smallest absolute Gasteiger partial charge is 0.0653 e. The number of hydrogen-bond donors (Lipinski definition) is 1. The van der Waals surface area contributed by atoms with Crippen LogP contribution in [0.25, 0.3) is 0 Å². The van der Waals surface area contributed by atoms with E-state index in [1.165, 1.54) is 9.77 Å². The molecular formula is C15H15Cl2NS2. The molecule has 1 nitrogen and oxygen atoms in total. The van der Waals surface area contributed by atoms with Crippen LogP contribution in [0.5, 0.6) is 0 Å². The molecule has 2 heterocycles. The lowest BCUT2D eigenvalue weighted by molar-refractivity contribution is 0.670. The Hall–Kier alpha value is -0.350. The lowest BCUT2D eigenvalue weighted by Crippen LogP contribution is -2.19. The predicted molar refractivity (Wildman–Crippen MR) is 91.8 cm³/mol. The van der Waals surface area contributed by atoms with Crippen molar-refractivity contribution in [2.24, 2.45) is 0 Å². The van der Waals surface area contributed by atoms with Gasteiger partial charge in [-0.2, -0.15) is 0 Å². The molecule has 2 atom stereocenters. The molecule has 3 rings (SSSR count). The Kier molecular flexibility index (Phi) is 4.23. The third kappa shape index (κ3) is 2.82. The Morgan fingerprint density at radius 3 is 2.85 bits per heavy atom. The summed E-state index contributed by atoms with van der Waals surface area (Å²) in [7, 11) is 0. The Morgan fingerprint density at radius 1 is 1.25 bits per heavy atom. The Bertz CT molecular complexity index is 639. The van der Waals surface area contributed by atoms with Gasteiger partial charge in [0.2, 0.25) is 0 Å². The van der Waals surface area contributed by atoms with Crippen LogP contribution in [0.2, 0.25) is 10.0 Å². The van der Waals surface area contributed by atoms with Crippen molar-refractivity contribution in [2.45, 2.75) is 35.8 Å². The molecule has 1 aliphatic heterocycles. The zero-order valence-corrected chi connectivity index (χ0v) is 14.4. The number of benzene rings is 1. The number of fused-ring (bicyclic) bond motifs is 1. The molecule has 106 valence electrons. The van der Waals surface area contributed by atoms with Crippen LogP contribution in [0.1, 0.15) is 30.5 Å². The molecule has 1 unspecified atom stereocenters. The summed E-state index contributed by atoms with van der Waals surface area (Å²) < 4.78 is 1.41. The van der Waals surface area contributed by atoms with Gasteiger partial charge in [-0.1, -0.05) is 30.1 Å². The number of rotatable bonds is 2. The molecule has 0 saturated heterocycles. The largest absolute Gasteiger partial charge is 0.377 e. The Morgan fingerprint density at radius 2 is 2.05 bits per heavy atom. The maximum Gasteiger partial charge on any atom is 0.0653 e. The summed E-state index contributed by atoms with van der Waals surface area (Å²) in [4.78, 5) is 0. The first-order chi connectivity index (χ1) is 9.54. The van der Waals surface area contributed by atoms with E-state index in [1.807, 2.05) is 42.2 Å². The van der Waals surface area contributed by atoms with Gasteiger partial charge in [-0.05, 0) is 48.1 Å². The van der Waals surface area contributed by atoms with Crippen LogP contribution >= 0.6 is 46.3 Å². The van der Waals surface area contributed by atoms with E-state index in [-0.39, 0.29) is 0 Å². The van der Waals surface area contributed by atoms with Crippen molar-refractivity contribution in [3.63, 3.8) is 0 Å². The number of anilines is 1. The van der Waals surface area contributed by atoms with Crippen molar-refractivity contribution >= 4 is 52.0 Å². The van der Waals surface area contributed by atoms with Gasteiger partial charge < -0.3 is 5.32 Å². The normalized spacial score (nSPS) is 21.6. The molecule has 0 fully saturated rings. The van der Waals surface area contributed by atoms with Gasteiger partial charge in [0.05, 0.1) is 21.0 Å². The van der Waals surface area contributed by atoms with E-state index in [0.717, 1.165) is 27.7 Å². The second-order valence-electron chi connectivity index (χ2n) is 5.11. The van der Waals surface area contributed by atoms with E-state index in [9.17, 15) is 0 Å². The molecule has 1 aromatic carbocycles. The summed E-state index contributed by atoms with van der Waals surface area (Å²) in [5.41, 5.74) is 3.31. The first kappa shape index (κ1) is 14.6. The Balaban J connectivity index is 1.91. The first-order valence-electron chi connectivity index (χ1n) is 6.51. The molecule has 0 spiro atoms. The van der Waals surface area contributed by atoms with Crippen LogP contribution in [0.4, 0.5) is 5.69 Å². The van der Waals surface area contributed by atoms with Gasteiger partial charge in [0, 0.05) is 10.3 Å². The molecule has 1 aromatic heterocycles. The van der Waals surface area contributed by atoms with E-state index >= 15 is 0 Å². The van der Waals surface area contributed by atoms with Crippen molar-refractivity contribution in [3.8, 4) is 0 Å². The summed E-state index contributed by atoms with van der Waals surface area (Å²) >= 11 is 16.3. The van der Waals surface area contributed by atoms with Crippen molar-refractivity contribution in [1.82, 2.24) is 0 Å². The summed E-state index contributed by atoms with van der Waals surface area (Å²) in [5.74, 6) is 0. The van der Waals surface area contributed by atoms with Crippen molar-refractivity contribution in [2.75, 3.05) is 5.32 Å². The standard InChI is InChI=1S/C15H15Cl2NS2/c1-8-5-12(17)14(7-11(8)16)18-13-6-9(2)20-15-10(13)3-4-19-15/h3-5,7,9,13,18H,6H2,1-2H3/t9-,13?/m0/s1. The lowest BCUT2D eigenvalue weighted by Gasteiger charge is -2.28. The molecule has 1 aliphatic rings. The maximum absolute atomic E-state index is 6.33. The highest BCUT2D eigenvalue weighted by atomic mass is 35.5. The van der Waals surface area contributed by atoms with Crippen molar-refractivity contribution in [3.05, 3.63) is 44.8 Å². The monoisotopic (exact) mass is 343 g/mol. The predicted octanol–water partition coefficient (Wildman–Crippen LogP) is 6.40. The molecule has 2 aromatic rings. The van der Waals surface area contributed by atoms with E-state index in [1.54, 1.807) is 0 Å². The van der Waals surface area contributed by atoms with Crippen LogP contribution in [-0.2, 0) is 0 Å². The third-order valence-electron chi connectivity index (χ3n) is 3.49. The SMILES string of the molecule is Cc1cc(Cl)c(NC2C[C@H](C)Sc3sccc32)cc1Cl. The maximum atomic E-state index is 6.33. The highest BCUT2D eigenvalue weighted by molar-refractivity contribution is 8.01. The number of nitrogens with one attached hydrogen (secondary N) is 1. The van der Waals surface area contributed by atoms with E-state index in [4.69, 9.17) is 23.2 Å². The molecule has 5 heteroatoms. The molecule has 0 radical (unpaired) electrons. The van der Waals surface area contributed by atoms with Gasteiger partial charge in [0.15, 0.2) is 0 Å². The van der Waals surface area contributed by atoms with Crippen LogP contribution in [0.15, 0.2) is 27.8 Å². The third-order valence-corrected chi connectivity index (χ3v) is 6.55. The number of thioether (sulfide) groups is 1. The average molecular weight is 344 g/mol. The first-order valence-corrected chi connectivity index (χ1v) is 9.02. The van der Waals surface area contributed by atoms with Gasteiger partial charge in [-0.15, -0.1) is 23.1 Å². The number of hydrogen-bond acceptors (Lipinski definition) is 3. The Labute approximate surface area is 137 Å². The van der Waals surface area contributed by atoms with Crippen LogP contribution < -0.4 is 5.32 Å². The van der Waals surface area contributed by atoms with E-state index < -0.39 is 0 Å². The number of thiophene rings is 1. The highest BCUT2D eigenvalue weighted by Gasteiger charge is 2.26. The number of aryl methyl sites for hydroxylation is 1. The second kappa shape index (κ2) is 5.80. The zero-order valence-electron chi connectivity index (χ0n) is 11.2. The summed E-state index contributed by atoms with van der Waals surface area (Å²) in [5, 5.41) is 7.82. The molecule has 20 heavy (non-hydrogen) atoms. The molecule has 0 amide bonds. The summed E-state index contributed by atoms with van der Waals surface area (Å²) in [6, 6.07) is 6.36. The van der Waals surface area contributed by atoms with Gasteiger partial charge in [-0.3, -0.25) is 0 Å². The van der Waals surface area contributed by atoms with Crippen molar-refractivity contribution in [1.29, 1.82) is 0 Å². The van der Waals surface area contributed by atoms with Gasteiger partial charge >= 0.3 is 0 Å². The van der Waals surface area contributed by atoms with Gasteiger partial charge in [0.1, 0.15) is 0 Å². The van der Waals surface area contributed by atoms with Crippen molar-refractivity contribution < 1.29 is 0 Å². The molecule has 1 N–H and O–H groups in total. The fraction of sp³-hybridized carbons (Fsp3) is 0.333. The molecular weight excluding hydrogens is 329 g/mol. The minimum Gasteiger partial charge on any atom is -0.377 e. The van der Waals surface area contributed by atoms with Crippen LogP contribution in [0, 0.1) is 6.92 Å². The zero-order chi connectivity index (χ0) is 14.3. The molecule has 0 saturated carbocycles. The van der Waals surface area contributed by atoms with Gasteiger partial charge in [0.25, 0.3) is 0 Å². The minimum absolute atomic E-state index is 0.309. The second-order valence-corrected chi connectivity index (χ2v) is 8.54. The average Bonchev–Trinajstić information content (AvgIpc) is 2.84. The van der Waals surface area contributed by atoms with E-state index in [0.29, 0.717) is 11.3 Å². The fourth-order valence-corrected chi connectivity index (χ4v) is 5.43. The van der Waals surface area contributed by atoms with Crippen LogP contribution in [0.3, 0.4) is 0 Å². The lowest BCUT2D eigenvalue weighted by atomic mass is 10.0.